The van der Waals surface area contributed by atoms with Crippen molar-refractivity contribution in [3.63, 3.8) is 0 Å². The quantitative estimate of drug-likeness (QED) is 0.653. The van der Waals surface area contributed by atoms with E-state index in [0.717, 1.165) is 11.1 Å². The van der Waals surface area contributed by atoms with Crippen LogP contribution in [0.2, 0.25) is 0 Å². The van der Waals surface area contributed by atoms with Crippen LogP contribution < -0.4 is 11.1 Å². The van der Waals surface area contributed by atoms with E-state index in [0.29, 0.717) is 10.2 Å². The average molecular weight is 274 g/mol. The molecule has 6 heteroatoms. The minimum atomic E-state index is -0.421. The van der Waals surface area contributed by atoms with Crippen LogP contribution in [-0.2, 0) is 6.54 Å². The molecule has 0 amide bonds. The molecule has 3 N–H and O–H groups in total. The Morgan fingerprint density at radius 2 is 2.27 bits per heavy atom. The third kappa shape index (κ3) is 2.10. The SMILES string of the molecule is CNc1c([N+](=O)[O-])cc(Br)c(C)c1CN. The fraction of sp³-hybridized carbons (Fsp3) is 0.333. The van der Waals surface area contributed by atoms with E-state index in [2.05, 4.69) is 21.2 Å². The molecule has 15 heavy (non-hydrogen) atoms. The van der Waals surface area contributed by atoms with Crippen LogP contribution in [0.4, 0.5) is 11.4 Å². The summed E-state index contributed by atoms with van der Waals surface area (Å²) in [5, 5.41) is 13.6. The normalized spacial score (nSPS) is 10.1. The first-order valence-electron chi connectivity index (χ1n) is 4.37. The molecular weight excluding hydrogens is 262 g/mol. The van der Waals surface area contributed by atoms with Crippen LogP contribution >= 0.6 is 15.9 Å². The molecular formula is C9H12BrN3O2. The van der Waals surface area contributed by atoms with Crippen molar-refractivity contribution in [3.05, 3.63) is 31.8 Å². The number of nitro benzene ring substituents is 1. The zero-order valence-corrected chi connectivity index (χ0v) is 10.1. The number of nitro groups is 1. The fourth-order valence-electron chi connectivity index (χ4n) is 1.46. The van der Waals surface area contributed by atoms with Crippen molar-refractivity contribution in [1.82, 2.24) is 0 Å². The highest BCUT2D eigenvalue weighted by Crippen LogP contribution is 2.35. The van der Waals surface area contributed by atoms with Gasteiger partial charge in [0, 0.05) is 24.1 Å². The topological polar surface area (TPSA) is 81.2 Å². The molecule has 0 spiro atoms. The fourth-order valence-corrected chi connectivity index (χ4v) is 1.92. The molecule has 1 aromatic carbocycles. The second kappa shape index (κ2) is 4.59. The maximum atomic E-state index is 10.8. The summed E-state index contributed by atoms with van der Waals surface area (Å²) < 4.78 is 0.702. The number of anilines is 1. The first-order chi connectivity index (χ1) is 7.02. The van der Waals surface area contributed by atoms with Gasteiger partial charge in [0.2, 0.25) is 0 Å². The molecule has 82 valence electrons. The molecule has 0 aliphatic heterocycles. The molecule has 1 rings (SSSR count). The summed E-state index contributed by atoms with van der Waals surface area (Å²) in [6, 6.07) is 1.49. The lowest BCUT2D eigenvalue weighted by molar-refractivity contribution is -0.384. The van der Waals surface area contributed by atoms with E-state index in [1.165, 1.54) is 6.07 Å². The van der Waals surface area contributed by atoms with Gasteiger partial charge in [-0.25, -0.2) is 0 Å². The molecule has 0 aromatic heterocycles. The van der Waals surface area contributed by atoms with Gasteiger partial charge in [-0.05, 0) is 18.1 Å². The lowest BCUT2D eigenvalue weighted by atomic mass is 10.1. The van der Waals surface area contributed by atoms with E-state index in [4.69, 9.17) is 5.73 Å². The van der Waals surface area contributed by atoms with Crippen molar-refractivity contribution >= 4 is 27.3 Å². The van der Waals surface area contributed by atoms with Crippen LogP contribution in [-0.4, -0.2) is 12.0 Å². The molecule has 0 unspecified atom stereocenters. The smallest absolute Gasteiger partial charge is 0.293 e. The lowest BCUT2D eigenvalue weighted by Crippen LogP contribution is -2.07. The summed E-state index contributed by atoms with van der Waals surface area (Å²) in [6.07, 6.45) is 0. The van der Waals surface area contributed by atoms with Gasteiger partial charge in [0.1, 0.15) is 5.69 Å². The summed E-state index contributed by atoms with van der Waals surface area (Å²) in [7, 11) is 1.65. The van der Waals surface area contributed by atoms with Crippen LogP contribution in [0.5, 0.6) is 0 Å². The van der Waals surface area contributed by atoms with Gasteiger partial charge in [0.25, 0.3) is 5.69 Å². The third-order valence-electron chi connectivity index (χ3n) is 2.28. The van der Waals surface area contributed by atoms with E-state index in [9.17, 15) is 10.1 Å². The molecule has 0 atom stereocenters. The van der Waals surface area contributed by atoms with Gasteiger partial charge in [0.15, 0.2) is 0 Å². The van der Waals surface area contributed by atoms with Crippen molar-refractivity contribution < 1.29 is 4.92 Å². The van der Waals surface area contributed by atoms with Crippen molar-refractivity contribution in [1.29, 1.82) is 0 Å². The van der Waals surface area contributed by atoms with Gasteiger partial charge in [-0.15, -0.1) is 0 Å². The van der Waals surface area contributed by atoms with E-state index >= 15 is 0 Å². The summed E-state index contributed by atoms with van der Waals surface area (Å²) in [4.78, 5) is 10.4. The average Bonchev–Trinajstić information content (AvgIpc) is 2.20. The highest BCUT2D eigenvalue weighted by atomic mass is 79.9. The number of halogens is 1. The summed E-state index contributed by atoms with van der Waals surface area (Å²) in [5.74, 6) is 0. The molecule has 0 aliphatic rings. The highest BCUT2D eigenvalue weighted by molar-refractivity contribution is 9.10. The predicted octanol–water partition coefficient (Wildman–Crippen LogP) is 2.17. The Morgan fingerprint density at radius 3 is 2.67 bits per heavy atom. The van der Waals surface area contributed by atoms with Crippen LogP contribution in [0.25, 0.3) is 0 Å². The van der Waals surface area contributed by atoms with E-state index in [1.807, 2.05) is 6.92 Å². The lowest BCUT2D eigenvalue weighted by Gasteiger charge is -2.12. The Labute approximate surface area is 95.9 Å². The molecule has 1 aromatic rings. The first kappa shape index (κ1) is 11.9. The van der Waals surface area contributed by atoms with Gasteiger partial charge in [0.05, 0.1) is 4.92 Å². The maximum Gasteiger partial charge on any atom is 0.293 e. The van der Waals surface area contributed by atoms with Gasteiger partial charge >= 0.3 is 0 Å². The molecule has 0 saturated carbocycles. The summed E-state index contributed by atoms with van der Waals surface area (Å²) in [6.45, 7) is 2.14. The summed E-state index contributed by atoms with van der Waals surface area (Å²) >= 11 is 3.28. The van der Waals surface area contributed by atoms with E-state index in [1.54, 1.807) is 7.05 Å². The Hall–Kier alpha value is -1.14. The molecule has 0 saturated heterocycles. The zero-order chi connectivity index (χ0) is 11.6. The molecule has 0 fully saturated rings. The number of nitrogens with two attached hydrogens (primary N) is 1. The monoisotopic (exact) mass is 273 g/mol. The van der Waals surface area contributed by atoms with Crippen LogP contribution in [0.15, 0.2) is 10.5 Å². The molecule has 0 aliphatic carbocycles. The molecule has 5 nitrogen and oxygen atoms in total. The number of benzene rings is 1. The second-order valence-corrected chi connectivity index (χ2v) is 3.92. The van der Waals surface area contributed by atoms with Crippen LogP contribution in [0.1, 0.15) is 11.1 Å². The van der Waals surface area contributed by atoms with Gasteiger partial charge in [-0.2, -0.15) is 0 Å². The Bertz CT molecular complexity index is 407. The summed E-state index contributed by atoms with van der Waals surface area (Å²) in [5.41, 5.74) is 7.79. The second-order valence-electron chi connectivity index (χ2n) is 3.07. The van der Waals surface area contributed by atoms with Gasteiger partial charge in [-0.3, -0.25) is 10.1 Å². The maximum absolute atomic E-state index is 10.8. The Kier molecular flexibility index (Phi) is 3.65. The minimum Gasteiger partial charge on any atom is -0.382 e. The minimum absolute atomic E-state index is 0.0374. The van der Waals surface area contributed by atoms with Crippen LogP contribution in [0.3, 0.4) is 0 Å². The largest absolute Gasteiger partial charge is 0.382 e. The van der Waals surface area contributed by atoms with Crippen LogP contribution in [0, 0.1) is 17.0 Å². The van der Waals surface area contributed by atoms with E-state index in [-0.39, 0.29) is 12.2 Å². The Balaban J connectivity index is 3.54. The third-order valence-corrected chi connectivity index (χ3v) is 3.11. The van der Waals surface area contributed by atoms with Crippen molar-refractivity contribution in [2.75, 3.05) is 12.4 Å². The standard InChI is InChI=1S/C9H12BrN3O2/c1-5-6(4-11)9(12-2)8(13(14)15)3-7(5)10/h3,12H,4,11H2,1-2H3. The van der Waals surface area contributed by atoms with Crippen molar-refractivity contribution in [2.45, 2.75) is 13.5 Å². The number of rotatable bonds is 3. The van der Waals surface area contributed by atoms with Gasteiger partial charge < -0.3 is 11.1 Å². The van der Waals surface area contributed by atoms with Gasteiger partial charge in [-0.1, -0.05) is 15.9 Å². The molecule has 0 radical (unpaired) electrons. The van der Waals surface area contributed by atoms with Crippen molar-refractivity contribution in [2.24, 2.45) is 5.73 Å². The zero-order valence-electron chi connectivity index (χ0n) is 8.50. The molecule has 0 heterocycles. The highest BCUT2D eigenvalue weighted by Gasteiger charge is 2.20. The number of nitrogens with zero attached hydrogens (tertiary/aromatic N) is 1. The predicted molar refractivity (Wildman–Crippen MR) is 63.0 cm³/mol. The molecule has 0 bridgehead atoms. The Morgan fingerprint density at radius 1 is 1.67 bits per heavy atom. The number of hydrogen-bond acceptors (Lipinski definition) is 4. The first-order valence-corrected chi connectivity index (χ1v) is 5.16. The van der Waals surface area contributed by atoms with Crippen molar-refractivity contribution in [3.8, 4) is 0 Å². The number of nitrogens with one attached hydrogen (secondary N) is 1. The number of hydrogen-bond donors (Lipinski definition) is 2. The van der Waals surface area contributed by atoms with E-state index < -0.39 is 4.92 Å².